The molecule has 0 saturated carbocycles. The van der Waals surface area contributed by atoms with E-state index in [4.69, 9.17) is 0 Å². The zero-order chi connectivity index (χ0) is 15.9. The second-order valence-corrected chi connectivity index (χ2v) is 6.20. The predicted molar refractivity (Wildman–Crippen MR) is 76.2 cm³/mol. The van der Waals surface area contributed by atoms with Crippen LogP contribution < -0.4 is 5.32 Å². The van der Waals surface area contributed by atoms with Gasteiger partial charge in [0.05, 0.1) is 11.3 Å². The minimum Gasteiger partial charge on any atom is -0.610 e. The summed E-state index contributed by atoms with van der Waals surface area (Å²) in [4.78, 5) is 12.9. The lowest BCUT2D eigenvalue weighted by Crippen LogP contribution is -2.07. The highest BCUT2D eigenvalue weighted by molar-refractivity contribution is 7.92. The average molecular weight is 325 g/mol. The molecule has 0 bridgehead atoms. The van der Waals surface area contributed by atoms with Crippen molar-refractivity contribution in [2.24, 2.45) is 0 Å². The molecule has 0 saturated heterocycles. The molecule has 1 aliphatic rings. The first-order chi connectivity index (χ1) is 10.4. The van der Waals surface area contributed by atoms with Gasteiger partial charge in [-0.2, -0.15) is 13.2 Å². The van der Waals surface area contributed by atoms with Crippen LogP contribution in [-0.2, 0) is 17.4 Å². The van der Waals surface area contributed by atoms with Crippen molar-refractivity contribution in [3.63, 3.8) is 0 Å². The van der Waals surface area contributed by atoms with E-state index in [-0.39, 0.29) is 5.56 Å². The van der Waals surface area contributed by atoms with Crippen molar-refractivity contribution >= 4 is 22.6 Å². The number of carbonyl (C=O) groups excluding carboxylic acids is 1. The van der Waals surface area contributed by atoms with Crippen LogP contribution in [0.15, 0.2) is 47.4 Å². The van der Waals surface area contributed by atoms with Crippen LogP contribution in [0.2, 0.25) is 0 Å². The predicted octanol–water partition coefficient (Wildman–Crippen LogP) is 3.43. The van der Waals surface area contributed by atoms with Gasteiger partial charge in [0.2, 0.25) is 0 Å². The van der Waals surface area contributed by atoms with Crippen LogP contribution in [0.1, 0.15) is 21.5 Å². The van der Waals surface area contributed by atoms with E-state index < -0.39 is 28.7 Å². The number of benzene rings is 2. The highest BCUT2D eigenvalue weighted by Gasteiger charge is 2.30. The fraction of sp³-hybridized carbons (Fsp3) is 0.133. The average Bonchev–Trinajstić information content (AvgIpc) is 2.87. The van der Waals surface area contributed by atoms with Crippen LogP contribution in [0.25, 0.3) is 0 Å². The van der Waals surface area contributed by atoms with Gasteiger partial charge in [-0.1, -0.05) is 12.1 Å². The summed E-state index contributed by atoms with van der Waals surface area (Å²) >= 11 is -1.21. The Balaban J connectivity index is 1.90. The lowest BCUT2D eigenvalue weighted by molar-refractivity contribution is -0.137. The molecule has 2 aromatic rings. The Morgan fingerprint density at radius 1 is 1.09 bits per heavy atom. The maximum atomic E-state index is 12.5. The second-order valence-electron chi connectivity index (χ2n) is 4.78. The number of rotatable bonds is 2. The van der Waals surface area contributed by atoms with Gasteiger partial charge in [0.15, 0.2) is 16.6 Å². The van der Waals surface area contributed by atoms with Crippen molar-refractivity contribution in [3.8, 4) is 0 Å². The number of hydrogen-bond acceptors (Lipinski definition) is 3. The lowest BCUT2D eigenvalue weighted by atomic mass is 10.0. The van der Waals surface area contributed by atoms with Crippen molar-refractivity contribution < 1.29 is 22.5 Å². The molecule has 1 aliphatic heterocycles. The standard InChI is InChI=1S/C15H10F3NO2S/c16-15(17,18)11-4-1-9(2-5-11)14(20)10-3-6-12-13(7-10)22(21)8-19-12/h1-7,19H,8H2. The third-order valence-corrected chi connectivity index (χ3v) is 4.59. The summed E-state index contributed by atoms with van der Waals surface area (Å²) in [5.74, 6) is -0.104. The van der Waals surface area contributed by atoms with Gasteiger partial charge in [-0.15, -0.1) is 0 Å². The van der Waals surface area contributed by atoms with E-state index >= 15 is 0 Å². The Bertz CT molecular complexity index is 729. The molecule has 3 rings (SSSR count). The fourth-order valence-corrected chi connectivity index (χ4v) is 3.28. The number of nitrogens with one attached hydrogen (secondary N) is 1. The molecule has 114 valence electrons. The van der Waals surface area contributed by atoms with Crippen molar-refractivity contribution in [2.45, 2.75) is 11.1 Å². The summed E-state index contributed by atoms with van der Waals surface area (Å²) in [5.41, 5.74) is 0.367. The SMILES string of the molecule is O=C(c1ccc(C(F)(F)F)cc1)c1ccc2c(c1)[S+]([O-])CN2. The zero-order valence-corrected chi connectivity index (χ0v) is 11.9. The van der Waals surface area contributed by atoms with Crippen LogP contribution in [0.5, 0.6) is 0 Å². The van der Waals surface area contributed by atoms with Gasteiger partial charge < -0.3 is 9.87 Å². The molecule has 0 fully saturated rings. The number of ketones is 1. The Morgan fingerprint density at radius 2 is 1.73 bits per heavy atom. The molecule has 3 nitrogen and oxygen atoms in total. The van der Waals surface area contributed by atoms with E-state index in [9.17, 15) is 22.5 Å². The minimum absolute atomic E-state index is 0.157. The number of carbonyl (C=O) groups is 1. The van der Waals surface area contributed by atoms with Crippen molar-refractivity contribution in [2.75, 3.05) is 11.2 Å². The Hall–Kier alpha value is -1.99. The van der Waals surface area contributed by atoms with Crippen molar-refractivity contribution in [1.82, 2.24) is 0 Å². The largest absolute Gasteiger partial charge is 0.610 e. The first-order valence-corrected chi connectivity index (χ1v) is 7.66. The van der Waals surface area contributed by atoms with Gasteiger partial charge in [0, 0.05) is 28.4 Å². The topological polar surface area (TPSA) is 52.2 Å². The monoisotopic (exact) mass is 325 g/mol. The molecule has 1 atom stereocenters. The van der Waals surface area contributed by atoms with Crippen LogP contribution in [0.4, 0.5) is 18.9 Å². The van der Waals surface area contributed by atoms with E-state index in [1.807, 2.05) is 0 Å². The normalized spacial score (nSPS) is 17.0. The van der Waals surface area contributed by atoms with Gasteiger partial charge in [-0.3, -0.25) is 4.79 Å². The maximum Gasteiger partial charge on any atom is 0.416 e. The summed E-state index contributed by atoms with van der Waals surface area (Å²) in [6.07, 6.45) is -4.43. The summed E-state index contributed by atoms with van der Waals surface area (Å²) < 4.78 is 49.3. The van der Waals surface area contributed by atoms with Gasteiger partial charge in [0.25, 0.3) is 0 Å². The summed E-state index contributed by atoms with van der Waals surface area (Å²) in [7, 11) is 0. The second kappa shape index (κ2) is 5.33. The smallest absolute Gasteiger partial charge is 0.416 e. The van der Waals surface area contributed by atoms with Gasteiger partial charge in [-0.25, -0.2) is 0 Å². The molecule has 1 N–H and O–H groups in total. The molecule has 0 aliphatic carbocycles. The fourth-order valence-electron chi connectivity index (χ4n) is 2.20. The van der Waals surface area contributed by atoms with Crippen LogP contribution in [0.3, 0.4) is 0 Å². The molecule has 7 heteroatoms. The van der Waals surface area contributed by atoms with Crippen molar-refractivity contribution in [3.05, 3.63) is 59.2 Å². The Kier molecular flexibility index (Phi) is 3.62. The maximum absolute atomic E-state index is 12.5. The molecular formula is C15H10F3NO2S. The quantitative estimate of drug-likeness (QED) is 0.680. The number of fused-ring (bicyclic) bond motifs is 1. The molecule has 0 amide bonds. The minimum atomic E-state index is -4.43. The highest BCUT2D eigenvalue weighted by atomic mass is 32.2. The van der Waals surface area contributed by atoms with Gasteiger partial charge in [0.1, 0.15) is 0 Å². The van der Waals surface area contributed by atoms with Crippen molar-refractivity contribution in [1.29, 1.82) is 0 Å². The first kappa shape index (κ1) is 14.9. The number of alkyl halides is 3. The molecule has 2 aromatic carbocycles. The van der Waals surface area contributed by atoms with Crippen LogP contribution in [-0.4, -0.2) is 16.2 Å². The van der Waals surface area contributed by atoms with E-state index in [1.54, 1.807) is 12.1 Å². The van der Waals surface area contributed by atoms with E-state index in [0.717, 1.165) is 24.3 Å². The van der Waals surface area contributed by atoms with E-state index in [1.165, 1.54) is 6.07 Å². The third kappa shape index (κ3) is 2.69. The third-order valence-electron chi connectivity index (χ3n) is 3.36. The molecule has 0 spiro atoms. The lowest BCUT2D eigenvalue weighted by Gasteiger charge is -2.08. The van der Waals surface area contributed by atoms with E-state index in [0.29, 0.717) is 22.0 Å². The van der Waals surface area contributed by atoms with Gasteiger partial charge >= 0.3 is 6.18 Å². The first-order valence-electron chi connectivity index (χ1n) is 6.34. The molecule has 0 radical (unpaired) electrons. The molecular weight excluding hydrogens is 315 g/mol. The Labute approximate surface area is 127 Å². The van der Waals surface area contributed by atoms with E-state index in [2.05, 4.69) is 5.32 Å². The summed E-state index contributed by atoms with van der Waals surface area (Å²) in [5, 5.41) is 2.94. The Morgan fingerprint density at radius 3 is 2.36 bits per heavy atom. The molecule has 1 unspecified atom stereocenters. The number of halogens is 3. The zero-order valence-electron chi connectivity index (χ0n) is 11.1. The number of hydrogen-bond donors (Lipinski definition) is 1. The van der Waals surface area contributed by atoms with Gasteiger partial charge in [-0.05, 0) is 24.3 Å². The van der Waals surface area contributed by atoms with Crippen LogP contribution in [0, 0.1) is 0 Å². The summed E-state index contributed by atoms with van der Waals surface area (Å²) in [6.45, 7) is 0. The molecule has 0 aromatic heterocycles. The highest BCUT2D eigenvalue weighted by Crippen LogP contribution is 2.31. The molecule has 1 heterocycles. The van der Waals surface area contributed by atoms with Crippen LogP contribution >= 0.6 is 0 Å². The molecule has 22 heavy (non-hydrogen) atoms. The summed E-state index contributed by atoms with van der Waals surface area (Å²) in [6, 6.07) is 8.78. The number of anilines is 1.